The zero-order chi connectivity index (χ0) is 28.1. The lowest BCUT2D eigenvalue weighted by Crippen LogP contribution is -2.38. The van der Waals surface area contributed by atoms with Gasteiger partial charge in [-0.2, -0.15) is 0 Å². The molecule has 0 spiro atoms. The molecule has 0 aliphatic carbocycles. The first-order chi connectivity index (χ1) is 20.0. The first-order valence-corrected chi connectivity index (χ1v) is 15.5. The summed E-state index contributed by atoms with van der Waals surface area (Å²) in [4.78, 5) is 13.7. The summed E-state index contributed by atoms with van der Waals surface area (Å²) in [5, 5.41) is 8.47. The smallest absolute Gasteiger partial charge is 0.228 e. The van der Waals surface area contributed by atoms with E-state index in [1.54, 1.807) is 12.4 Å². The second-order valence-corrected chi connectivity index (χ2v) is 12.3. The van der Waals surface area contributed by atoms with Crippen LogP contribution in [0.3, 0.4) is 0 Å². The zero-order valence-corrected chi connectivity index (χ0v) is 23.3. The standard InChI is InChI=1S/C32H31N5O3S/c38-41(39,21-23-8-2-1-3-9-23)22-24-10-4-13-27-26(24)12-5-15-30(27)40-31-28(14-7-18-34-31)29-16-19-35-32(37-29)36-25-11-6-17-33-20-25/h1-5,7-10,12-16,18-19,25,33H,6,11,17,20-22H2,(H,35,36,37)/t25-/m0/s1. The minimum atomic E-state index is -3.39. The van der Waals surface area contributed by atoms with Crippen molar-refractivity contribution in [1.82, 2.24) is 20.3 Å². The highest BCUT2D eigenvalue weighted by Gasteiger charge is 2.18. The number of anilines is 1. The van der Waals surface area contributed by atoms with Crippen molar-refractivity contribution < 1.29 is 13.2 Å². The van der Waals surface area contributed by atoms with Gasteiger partial charge in [0, 0.05) is 30.4 Å². The van der Waals surface area contributed by atoms with E-state index in [9.17, 15) is 8.42 Å². The number of sulfone groups is 1. The van der Waals surface area contributed by atoms with Gasteiger partial charge in [-0.1, -0.05) is 60.7 Å². The second-order valence-electron chi connectivity index (χ2n) is 10.2. The number of nitrogens with zero attached hydrogens (tertiary/aromatic N) is 3. The van der Waals surface area contributed by atoms with E-state index in [1.165, 1.54) is 0 Å². The van der Waals surface area contributed by atoms with Crippen LogP contribution in [0.4, 0.5) is 5.95 Å². The normalized spacial score (nSPS) is 15.5. The molecule has 1 aliphatic rings. The highest BCUT2D eigenvalue weighted by molar-refractivity contribution is 7.89. The molecule has 0 bridgehead atoms. The van der Waals surface area contributed by atoms with Crippen LogP contribution in [0.25, 0.3) is 22.0 Å². The molecule has 0 unspecified atom stereocenters. The quantitative estimate of drug-likeness (QED) is 0.232. The molecule has 3 heterocycles. The molecule has 41 heavy (non-hydrogen) atoms. The maximum Gasteiger partial charge on any atom is 0.228 e. The van der Waals surface area contributed by atoms with E-state index >= 15 is 0 Å². The van der Waals surface area contributed by atoms with Gasteiger partial charge >= 0.3 is 0 Å². The summed E-state index contributed by atoms with van der Waals surface area (Å²) in [7, 11) is -3.39. The largest absolute Gasteiger partial charge is 0.438 e. The Kier molecular flexibility index (Phi) is 7.89. The van der Waals surface area contributed by atoms with Crippen LogP contribution in [0.5, 0.6) is 11.6 Å². The van der Waals surface area contributed by atoms with Gasteiger partial charge in [-0.15, -0.1) is 0 Å². The topological polar surface area (TPSA) is 106 Å². The molecular formula is C32H31N5O3S. The molecule has 1 fully saturated rings. The summed E-state index contributed by atoms with van der Waals surface area (Å²) in [5.74, 6) is 1.49. The Morgan fingerprint density at radius 3 is 2.56 bits per heavy atom. The average molecular weight is 566 g/mol. The Balaban J connectivity index is 1.27. The molecule has 5 aromatic rings. The summed E-state index contributed by atoms with van der Waals surface area (Å²) in [6.07, 6.45) is 5.60. The minimum Gasteiger partial charge on any atom is -0.438 e. The van der Waals surface area contributed by atoms with Gasteiger partial charge in [0.2, 0.25) is 11.8 Å². The Hall–Kier alpha value is -4.34. The molecule has 208 valence electrons. The van der Waals surface area contributed by atoms with Crippen LogP contribution >= 0.6 is 0 Å². The Labute approximate surface area is 239 Å². The minimum absolute atomic E-state index is 0.00918. The van der Waals surface area contributed by atoms with E-state index in [0.29, 0.717) is 23.3 Å². The van der Waals surface area contributed by atoms with Crippen molar-refractivity contribution in [3.8, 4) is 22.9 Å². The molecule has 2 aromatic heterocycles. The molecule has 6 rings (SSSR count). The summed E-state index contributed by atoms with van der Waals surface area (Å²) in [5.41, 5.74) is 2.94. The van der Waals surface area contributed by atoms with Crippen LogP contribution in [0.15, 0.2) is 97.3 Å². The first-order valence-electron chi connectivity index (χ1n) is 13.7. The van der Waals surface area contributed by atoms with Gasteiger partial charge in [0.15, 0.2) is 9.84 Å². The predicted molar refractivity (Wildman–Crippen MR) is 162 cm³/mol. The van der Waals surface area contributed by atoms with Gasteiger partial charge in [-0.3, -0.25) is 0 Å². The van der Waals surface area contributed by atoms with Crippen LogP contribution in [-0.4, -0.2) is 42.5 Å². The molecular weight excluding hydrogens is 534 g/mol. The summed E-state index contributed by atoms with van der Waals surface area (Å²) < 4.78 is 32.6. The van der Waals surface area contributed by atoms with Crippen molar-refractivity contribution in [1.29, 1.82) is 0 Å². The second kappa shape index (κ2) is 12.0. The number of pyridine rings is 1. The fraction of sp³-hybridized carbons (Fsp3) is 0.219. The third-order valence-electron chi connectivity index (χ3n) is 7.12. The third kappa shape index (κ3) is 6.53. The number of ether oxygens (including phenoxy) is 1. The molecule has 1 aliphatic heterocycles. The number of nitrogens with one attached hydrogen (secondary N) is 2. The number of aromatic nitrogens is 3. The lowest BCUT2D eigenvalue weighted by atomic mass is 10.0. The van der Waals surface area contributed by atoms with Crippen molar-refractivity contribution in [2.75, 3.05) is 18.4 Å². The molecule has 0 radical (unpaired) electrons. The van der Waals surface area contributed by atoms with Crippen LogP contribution < -0.4 is 15.4 Å². The fourth-order valence-corrected chi connectivity index (χ4v) is 6.71. The molecule has 0 amide bonds. The van der Waals surface area contributed by atoms with Crippen LogP contribution in [0, 0.1) is 0 Å². The Bertz CT molecular complexity index is 1760. The SMILES string of the molecule is O=S(=O)(Cc1ccccc1)Cc1cccc2c(Oc3ncccc3-c3ccnc(N[C@H]4CCCNC4)n3)cccc12. The van der Waals surface area contributed by atoms with Gasteiger partial charge in [0.05, 0.1) is 22.8 Å². The highest BCUT2D eigenvalue weighted by atomic mass is 32.2. The molecule has 8 nitrogen and oxygen atoms in total. The molecule has 9 heteroatoms. The lowest BCUT2D eigenvalue weighted by molar-refractivity contribution is 0.470. The lowest BCUT2D eigenvalue weighted by Gasteiger charge is -2.23. The van der Waals surface area contributed by atoms with Crippen LogP contribution in [0.2, 0.25) is 0 Å². The Morgan fingerprint density at radius 1 is 0.854 bits per heavy atom. The van der Waals surface area contributed by atoms with Crippen molar-refractivity contribution in [3.05, 3.63) is 108 Å². The van der Waals surface area contributed by atoms with Crippen molar-refractivity contribution in [2.24, 2.45) is 0 Å². The number of benzene rings is 3. The van der Waals surface area contributed by atoms with Gasteiger partial charge in [-0.25, -0.2) is 23.4 Å². The zero-order valence-electron chi connectivity index (χ0n) is 22.5. The number of hydrogen-bond acceptors (Lipinski definition) is 8. The molecule has 0 saturated carbocycles. The van der Waals surface area contributed by atoms with Gasteiger partial charge in [-0.05, 0) is 60.2 Å². The maximum absolute atomic E-state index is 13.1. The average Bonchev–Trinajstić information content (AvgIpc) is 2.99. The van der Waals surface area contributed by atoms with Crippen LogP contribution in [0.1, 0.15) is 24.0 Å². The number of piperidine rings is 1. The van der Waals surface area contributed by atoms with Gasteiger partial charge in [0.25, 0.3) is 0 Å². The highest BCUT2D eigenvalue weighted by Crippen LogP contribution is 2.35. The first kappa shape index (κ1) is 26.9. The van der Waals surface area contributed by atoms with E-state index in [4.69, 9.17) is 9.72 Å². The van der Waals surface area contributed by atoms with E-state index in [-0.39, 0.29) is 17.5 Å². The maximum atomic E-state index is 13.1. The van der Waals surface area contributed by atoms with Crippen LogP contribution in [-0.2, 0) is 21.3 Å². The van der Waals surface area contributed by atoms with E-state index in [0.717, 1.165) is 53.4 Å². The monoisotopic (exact) mass is 565 g/mol. The molecule has 1 atom stereocenters. The van der Waals surface area contributed by atoms with Crippen molar-refractivity contribution in [3.63, 3.8) is 0 Å². The van der Waals surface area contributed by atoms with Gasteiger partial charge < -0.3 is 15.4 Å². The molecule has 2 N–H and O–H groups in total. The number of hydrogen-bond donors (Lipinski definition) is 2. The van der Waals surface area contributed by atoms with Gasteiger partial charge in [0.1, 0.15) is 5.75 Å². The summed E-state index contributed by atoms with van der Waals surface area (Å²) in [6.45, 7) is 1.92. The fourth-order valence-electron chi connectivity index (χ4n) is 5.18. The Morgan fingerprint density at radius 2 is 1.71 bits per heavy atom. The summed E-state index contributed by atoms with van der Waals surface area (Å²) in [6, 6.07) is 26.5. The van der Waals surface area contributed by atoms with Crippen molar-refractivity contribution >= 4 is 26.6 Å². The van der Waals surface area contributed by atoms with E-state index in [2.05, 4.69) is 20.6 Å². The van der Waals surface area contributed by atoms with E-state index in [1.807, 2.05) is 84.9 Å². The predicted octanol–water partition coefficient (Wildman–Crippen LogP) is 5.76. The number of rotatable bonds is 9. The number of fused-ring (bicyclic) bond motifs is 1. The molecule has 1 saturated heterocycles. The molecule has 3 aromatic carbocycles. The van der Waals surface area contributed by atoms with E-state index < -0.39 is 9.84 Å². The van der Waals surface area contributed by atoms with Crippen molar-refractivity contribution in [2.45, 2.75) is 30.4 Å². The third-order valence-corrected chi connectivity index (χ3v) is 8.64. The summed E-state index contributed by atoms with van der Waals surface area (Å²) >= 11 is 0.